The van der Waals surface area contributed by atoms with Crippen molar-refractivity contribution >= 4 is 49.9 Å². The Balaban J connectivity index is 1.93. The van der Waals surface area contributed by atoms with Crippen molar-refractivity contribution in [3.05, 3.63) is 56.1 Å². The zero-order chi connectivity index (χ0) is 15.0. The van der Waals surface area contributed by atoms with Crippen LogP contribution >= 0.6 is 34.2 Å². The number of hydrogen-bond donors (Lipinski definition) is 1. The Bertz CT molecular complexity index is 805. The minimum Gasteiger partial charge on any atom is -0.278 e. The molecule has 110 valence electrons. The van der Waals surface area contributed by atoms with Crippen LogP contribution in [0.5, 0.6) is 0 Å². The summed E-state index contributed by atoms with van der Waals surface area (Å²) in [4.78, 5) is 0.290. The third-order valence-electron chi connectivity index (χ3n) is 3.56. The van der Waals surface area contributed by atoms with Crippen LogP contribution in [0.4, 0.5) is 5.69 Å². The van der Waals surface area contributed by atoms with Crippen molar-refractivity contribution in [3.8, 4) is 0 Å². The van der Waals surface area contributed by atoms with Gasteiger partial charge in [0, 0.05) is 3.57 Å². The predicted molar refractivity (Wildman–Crippen MR) is 93.4 cm³/mol. The van der Waals surface area contributed by atoms with Crippen LogP contribution in [-0.4, -0.2) is 8.42 Å². The van der Waals surface area contributed by atoms with Gasteiger partial charge >= 0.3 is 0 Å². The van der Waals surface area contributed by atoms with Crippen LogP contribution in [0.15, 0.2) is 41.3 Å². The molecule has 0 fully saturated rings. The first-order chi connectivity index (χ1) is 9.95. The van der Waals surface area contributed by atoms with E-state index in [-0.39, 0.29) is 4.90 Å². The highest BCUT2D eigenvalue weighted by molar-refractivity contribution is 14.1. The van der Waals surface area contributed by atoms with Crippen LogP contribution < -0.4 is 4.72 Å². The van der Waals surface area contributed by atoms with E-state index in [0.29, 0.717) is 10.7 Å². The lowest BCUT2D eigenvalue weighted by Gasteiger charge is -2.11. The fourth-order valence-electron chi connectivity index (χ4n) is 2.49. The Morgan fingerprint density at radius 2 is 1.81 bits per heavy atom. The van der Waals surface area contributed by atoms with Gasteiger partial charge in [0.25, 0.3) is 10.0 Å². The fourth-order valence-corrected chi connectivity index (χ4v) is 4.58. The van der Waals surface area contributed by atoms with E-state index in [1.807, 2.05) is 12.1 Å². The van der Waals surface area contributed by atoms with Gasteiger partial charge in [-0.15, -0.1) is 0 Å². The highest BCUT2D eigenvalue weighted by Gasteiger charge is 2.19. The van der Waals surface area contributed by atoms with Gasteiger partial charge in [0.1, 0.15) is 0 Å². The van der Waals surface area contributed by atoms with Crippen molar-refractivity contribution < 1.29 is 8.42 Å². The van der Waals surface area contributed by atoms with Crippen LogP contribution in [0.2, 0.25) is 5.02 Å². The number of benzene rings is 2. The van der Waals surface area contributed by atoms with Crippen LogP contribution in [0, 0.1) is 3.57 Å². The molecule has 3 nitrogen and oxygen atoms in total. The highest BCUT2D eigenvalue weighted by atomic mass is 127. The number of anilines is 1. The molecule has 1 aliphatic carbocycles. The van der Waals surface area contributed by atoms with Gasteiger partial charge in [0.05, 0.1) is 15.6 Å². The lowest BCUT2D eigenvalue weighted by Crippen LogP contribution is -2.13. The molecule has 2 aromatic carbocycles. The molecule has 0 unspecified atom stereocenters. The lowest BCUT2D eigenvalue weighted by atomic mass is 10.1. The van der Waals surface area contributed by atoms with Gasteiger partial charge in [-0.1, -0.05) is 17.7 Å². The van der Waals surface area contributed by atoms with Crippen LogP contribution in [0.25, 0.3) is 0 Å². The topological polar surface area (TPSA) is 46.2 Å². The predicted octanol–water partition coefficient (Wildman–Crippen LogP) is 4.23. The van der Waals surface area contributed by atoms with Crippen molar-refractivity contribution in [1.29, 1.82) is 0 Å². The molecule has 21 heavy (non-hydrogen) atoms. The Hall–Kier alpha value is -0.790. The Kier molecular flexibility index (Phi) is 4.16. The molecule has 2 aromatic rings. The molecule has 0 aliphatic heterocycles. The highest BCUT2D eigenvalue weighted by Crippen LogP contribution is 2.28. The van der Waals surface area contributed by atoms with Gasteiger partial charge in [-0.25, -0.2) is 8.42 Å². The van der Waals surface area contributed by atoms with E-state index in [9.17, 15) is 8.42 Å². The maximum Gasteiger partial charge on any atom is 0.261 e. The molecule has 0 amide bonds. The normalized spacial score (nSPS) is 14.0. The molecule has 1 N–H and O–H groups in total. The number of hydrogen-bond acceptors (Lipinski definition) is 2. The van der Waals surface area contributed by atoms with E-state index < -0.39 is 10.0 Å². The number of rotatable bonds is 3. The molecule has 1 aliphatic rings. The number of aryl methyl sites for hydroxylation is 2. The van der Waals surface area contributed by atoms with Crippen molar-refractivity contribution in [2.75, 3.05) is 4.72 Å². The van der Waals surface area contributed by atoms with Gasteiger partial charge in [-0.3, -0.25) is 4.72 Å². The largest absolute Gasteiger partial charge is 0.278 e. The summed E-state index contributed by atoms with van der Waals surface area (Å²) in [6.45, 7) is 0. The Labute approximate surface area is 142 Å². The smallest absolute Gasteiger partial charge is 0.261 e. The number of fused-ring (bicyclic) bond motifs is 1. The average Bonchev–Trinajstić information content (AvgIpc) is 2.89. The summed E-state index contributed by atoms with van der Waals surface area (Å²) in [6.07, 6.45) is 3.07. The third kappa shape index (κ3) is 3.19. The molecule has 0 aromatic heterocycles. The van der Waals surface area contributed by atoms with Crippen molar-refractivity contribution in [3.63, 3.8) is 0 Å². The Morgan fingerprint density at radius 3 is 2.57 bits per heavy atom. The molecule has 0 saturated heterocycles. The molecule has 0 atom stereocenters. The van der Waals surface area contributed by atoms with E-state index in [0.717, 1.165) is 28.4 Å². The standard InChI is InChI=1S/C15H13ClINO2S/c16-14-9-12(17)5-7-15(14)18-21(19,20)13-6-4-10-2-1-3-11(10)8-13/h4-9,18H,1-3H2. The summed E-state index contributed by atoms with van der Waals surface area (Å²) in [5, 5.41) is 0.395. The third-order valence-corrected chi connectivity index (χ3v) is 5.90. The van der Waals surface area contributed by atoms with Crippen LogP contribution in [-0.2, 0) is 22.9 Å². The monoisotopic (exact) mass is 433 g/mol. The molecule has 0 radical (unpaired) electrons. The lowest BCUT2D eigenvalue weighted by molar-refractivity contribution is 0.601. The molecule has 0 bridgehead atoms. The number of sulfonamides is 1. The summed E-state index contributed by atoms with van der Waals surface area (Å²) in [5.41, 5.74) is 2.78. The maximum atomic E-state index is 12.5. The van der Waals surface area contributed by atoms with E-state index in [1.165, 1.54) is 5.56 Å². The van der Waals surface area contributed by atoms with E-state index >= 15 is 0 Å². The quantitative estimate of drug-likeness (QED) is 0.736. The summed E-state index contributed by atoms with van der Waals surface area (Å²) >= 11 is 8.21. The van der Waals surface area contributed by atoms with Crippen LogP contribution in [0.1, 0.15) is 17.5 Å². The number of nitrogens with one attached hydrogen (secondary N) is 1. The molecule has 0 heterocycles. The van der Waals surface area contributed by atoms with Crippen molar-refractivity contribution in [2.45, 2.75) is 24.2 Å². The van der Waals surface area contributed by atoms with Gasteiger partial charge in [-0.05, 0) is 83.3 Å². The van der Waals surface area contributed by atoms with E-state index in [4.69, 9.17) is 11.6 Å². The zero-order valence-electron chi connectivity index (χ0n) is 11.1. The fraction of sp³-hybridized carbons (Fsp3) is 0.200. The zero-order valence-corrected chi connectivity index (χ0v) is 14.8. The first-order valence-corrected chi connectivity index (χ1v) is 9.49. The molecular formula is C15H13ClINO2S. The van der Waals surface area contributed by atoms with Gasteiger partial charge < -0.3 is 0 Å². The molecule has 6 heteroatoms. The van der Waals surface area contributed by atoms with Gasteiger partial charge in [-0.2, -0.15) is 0 Å². The van der Waals surface area contributed by atoms with E-state index in [2.05, 4.69) is 27.3 Å². The summed E-state index contributed by atoms with van der Waals surface area (Å²) in [6, 6.07) is 10.6. The number of halogens is 2. The average molecular weight is 434 g/mol. The minimum absolute atomic E-state index is 0.290. The molecular weight excluding hydrogens is 421 g/mol. The second-order valence-corrected chi connectivity index (χ2v) is 8.35. The SMILES string of the molecule is O=S(=O)(Nc1ccc(I)cc1Cl)c1ccc2c(c1)CCC2. The maximum absolute atomic E-state index is 12.5. The van der Waals surface area contributed by atoms with Crippen molar-refractivity contribution in [1.82, 2.24) is 0 Å². The summed E-state index contributed by atoms with van der Waals surface area (Å²) < 4.78 is 28.4. The Morgan fingerprint density at radius 1 is 1.05 bits per heavy atom. The first kappa shape index (κ1) is 15.1. The van der Waals surface area contributed by atoms with E-state index in [1.54, 1.807) is 24.3 Å². The first-order valence-electron chi connectivity index (χ1n) is 6.55. The second kappa shape index (κ2) is 5.78. The van der Waals surface area contributed by atoms with Crippen molar-refractivity contribution in [2.24, 2.45) is 0 Å². The van der Waals surface area contributed by atoms with Crippen LogP contribution in [0.3, 0.4) is 0 Å². The molecule has 3 rings (SSSR count). The summed E-state index contributed by atoms with van der Waals surface area (Å²) in [7, 11) is -3.61. The summed E-state index contributed by atoms with van der Waals surface area (Å²) in [5.74, 6) is 0. The second-order valence-electron chi connectivity index (χ2n) is 5.01. The molecule has 0 saturated carbocycles. The molecule has 0 spiro atoms. The van der Waals surface area contributed by atoms with Gasteiger partial charge in [0.15, 0.2) is 0 Å². The van der Waals surface area contributed by atoms with Gasteiger partial charge in [0.2, 0.25) is 0 Å². The minimum atomic E-state index is -3.61.